The molecular weight excluding hydrogens is 664 g/mol. The molecule has 0 spiro atoms. The average Bonchev–Trinajstić information content (AvgIpc) is 3.87. The fraction of sp³-hybridized carbons (Fsp3) is 0.263. The van der Waals surface area contributed by atoms with Crippen LogP contribution >= 0.6 is 0 Å². The van der Waals surface area contributed by atoms with Gasteiger partial charge in [-0.15, -0.1) is 0 Å². The van der Waals surface area contributed by atoms with Gasteiger partial charge in [0.15, 0.2) is 0 Å². The number of anilines is 4. The van der Waals surface area contributed by atoms with E-state index in [1.54, 1.807) is 9.13 Å². The van der Waals surface area contributed by atoms with Crippen molar-refractivity contribution in [1.29, 1.82) is 0 Å². The van der Waals surface area contributed by atoms with Gasteiger partial charge in [0.05, 0.1) is 0 Å². The Kier molecular flexibility index (Phi) is 9.24. The van der Waals surface area contributed by atoms with E-state index in [0.717, 1.165) is 0 Å². The van der Waals surface area contributed by atoms with Crippen LogP contribution in [0, 0.1) is 23.3 Å². The number of hydrogen-bond acceptors (Lipinski definition) is 4. The maximum absolute atomic E-state index is 17.8. The van der Waals surface area contributed by atoms with E-state index in [1.807, 2.05) is 137 Å². The first-order chi connectivity index (χ1) is 23.3. The summed E-state index contributed by atoms with van der Waals surface area (Å²) < 4.78 is 73.7. The van der Waals surface area contributed by atoms with Crippen molar-refractivity contribution in [2.75, 3.05) is 76.0 Å². The molecule has 0 amide bonds. The zero-order chi connectivity index (χ0) is 35.4. The van der Waals surface area contributed by atoms with E-state index in [2.05, 4.69) is 0 Å². The molecule has 49 heavy (non-hydrogen) atoms. The van der Waals surface area contributed by atoms with Crippen molar-refractivity contribution < 1.29 is 34.2 Å². The minimum absolute atomic E-state index is 0.106. The van der Waals surface area contributed by atoms with E-state index < -0.39 is 39.9 Å². The molecule has 11 heteroatoms. The molecule has 0 saturated heterocycles. The summed E-state index contributed by atoms with van der Waals surface area (Å²) in [5.74, 6) is -0.614. The van der Waals surface area contributed by atoms with Gasteiger partial charge in [0, 0.05) is 0 Å². The van der Waals surface area contributed by atoms with Crippen molar-refractivity contribution in [3.8, 4) is 11.4 Å². The maximum atomic E-state index is 17.8. The third-order valence-corrected chi connectivity index (χ3v) is 17.3. The second-order valence-electron chi connectivity index (χ2n) is 13.3. The number of rotatable bonds is 10. The fourth-order valence-electron chi connectivity index (χ4n) is 7.26. The van der Waals surface area contributed by atoms with Crippen LogP contribution in [0.5, 0.6) is 0 Å². The molecule has 0 fully saturated rings. The fourth-order valence-corrected chi connectivity index (χ4v) is 15.5. The van der Waals surface area contributed by atoms with Gasteiger partial charge in [0.2, 0.25) is 0 Å². The van der Waals surface area contributed by atoms with Crippen LogP contribution in [0.2, 0.25) is 0 Å². The standard InChI is InChI=1S/2C14H16F2N3.2C5H5.Ti/c2*1-17(2)13-7-8-14(18(3)4)19(13)12-6-5-10(15)9-11(12)16;2*1-2-4-5-3-1;/h2*5-8H,1-4H3;2*1-3H,4H2;. The van der Waals surface area contributed by atoms with Crippen molar-refractivity contribution in [2.45, 2.75) is 12.8 Å². The Hall–Kier alpha value is -4.41. The Morgan fingerprint density at radius 2 is 0.816 bits per heavy atom. The quantitative estimate of drug-likeness (QED) is 0.133. The molecule has 256 valence electrons. The third kappa shape index (κ3) is 5.45. The van der Waals surface area contributed by atoms with Crippen LogP contribution < -0.4 is 27.3 Å². The van der Waals surface area contributed by atoms with Crippen molar-refractivity contribution in [2.24, 2.45) is 0 Å². The molecule has 0 N–H and O–H groups in total. The summed E-state index contributed by atoms with van der Waals surface area (Å²) in [7, 11) is 14.8. The van der Waals surface area contributed by atoms with E-state index in [-0.39, 0.29) is 19.1 Å². The van der Waals surface area contributed by atoms with Crippen molar-refractivity contribution in [1.82, 2.24) is 9.13 Å². The molecule has 2 aromatic carbocycles. The Labute approximate surface area is 289 Å². The van der Waals surface area contributed by atoms with Gasteiger partial charge in [-0.05, 0) is 0 Å². The topological polar surface area (TPSA) is 22.8 Å². The van der Waals surface area contributed by atoms with Crippen LogP contribution in [-0.4, -0.2) is 65.5 Å². The number of halogens is 4. The van der Waals surface area contributed by atoms with Crippen LogP contribution in [0.3, 0.4) is 0 Å². The molecule has 6 rings (SSSR count). The summed E-state index contributed by atoms with van der Waals surface area (Å²) in [4.78, 5) is 7.40. The Balaban J connectivity index is 1.77. The van der Waals surface area contributed by atoms with Gasteiger partial charge in [-0.1, -0.05) is 0 Å². The van der Waals surface area contributed by atoms with Gasteiger partial charge >= 0.3 is 291 Å². The van der Waals surface area contributed by atoms with Crippen LogP contribution in [-0.2, 0) is 16.6 Å². The summed E-state index contributed by atoms with van der Waals surface area (Å²) in [6.07, 6.45) is 11.7. The zero-order valence-corrected chi connectivity index (χ0v) is 30.8. The van der Waals surface area contributed by atoms with Crippen molar-refractivity contribution in [3.05, 3.63) is 116 Å². The summed E-state index contributed by atoms with van der Waals surface area (Å²) in [5, 5.41) is 0. The first-order valence-corrected chi connectivity index (χ1v) is 19.3. The SMILES string of the molecule is CN(C)c1ccc(N(C)C)n1-c1ccc(F)[c]([Ti]([C]2=CC=CC2)([C]2=CC=CC2)[c]2c(F)ccc(-n3c(N(C)C)ccc3N(C)C)c2F)c1F. The first-order valence-electron chi connectivity index (χ1n) is 16.1. The molecule has 0 unspecified atom stereocenters. The van der Waals surface area contributed by atoms with E-state index in [9.17, 15) is 0 Å². The van der Waals surface area contributed by atoms with Crippen molar-refractivity contribution in [3.63, 3.8) is 0 Å². The second kappa shape index (κ2) is 13.1. The monoisotopic (exact) mass is 706 g/mol. The third-order valence-electron chi connectivity index (χ3n) is 9.39. The van der Waals surface area contributed by atoms with Gasteiger partial charge in [-0.2, -0.15) is 0 Å². The van der Waals surface area contributed by atoms with Gasteiger partial charge < -0.3 is 0 Å². The normalized spacial score (nSPS) is 14.0. The average molecular weight is 707 g/mol. The van der Waals surface area contributed by atoms with E-state index in [4.69, 9.17) is 0 Å². The number of benzene rings is 2. The first kappa shape index (κ1) is 34.5. The number of aromatic nitrogens is 2. The Morgan fingerprint density at radius 1 is 0.490 bits per heavy atom. The van der Waals surface area contributed by atoms with Gasteiger partial charge in [-0.3, -0.25) is 0 Å². The summed E-state index contributed by atoms with van der Waals surface area (Å²) >= 11 is -5.13. The molecular formula is C38H42F4N6Ti. The number of hydrogen-bond donors (Lipinski definition) is 0. The van der Waals surface area contributed by atoms with E-state index in [0.29, 0.717) is 43.9 Å². The molecule has 0 radical (unpaired) electrons. The minimum atomic E-state index is -5.13. The molecule has 0 bridgehead atoms. The molecule has 4 aromatic rings. The van der Waals surface area contributed by atoms with Gasteiger partial charge in [0.1, 0.15) is 0 Å². The molecule has 2 heterocycles. The molecule has 0 atom stereocenters. The van der Waals surface area contributed by atoms with Crippen LogP contribution in [0.4, 0.5) is 40.8 Å². The molecule has 0 aliphatic heterocycles. The van der Waals surface area contributed by atoms with Crippen LogP contribution in [0.1, 0.15) is 12.8 Å². The predicted octanol–water partition coefficient (Wildman–Crippen LogP) is 6.88. The molecule has 2 aliphatic rings. The predicted molar refractivity (Wildman–Crippen MR) is 192 cm³/mol. The van der Waals surface area contributed by atoms with E-state index >= 15 is 17.6 Å². The van der Waals surface area contributed by atoms with Gasteiger partial charge in [-0.25, -0.2) is 0 Å². The molecule has 2 aromatic heterocycles. The van der Waals surface area contributed by atoms with E-state index in [1.165, 1.54) is 24.3 Å². The van der Waals surface area contributed by atoms with Crippen LogP contribution in [0.15, 0.2) is 92.7 Å². The van der Waals surface area contributed by atoms with Gasteiger partial charge in [0.25, 0.3) is 0 Å². The summed E-state index contributed by atoms with van der Waals surface area (Å²) in [6, 6.07) is 12.8. The van der Waals surface area contributed by atoms with Crippen molar-refractivity contribution >= 4 is 31.0 Å². The molecule has 6 nitrogen and oxygen atoms in total. The summed E-state index contributed by atoms with van der Waals surface area (Å²) in [5.41, 5.74) is 0.211. The number of allylic oxidation sites excluding steroid dienone is 8. The molecule has 0 saturated carbocycles. The summed E-state index contributed by atoms with van der Waals surface area (Å²) in [6.45, 7) is 0. The Morgan fingerprint density at radius 3 is 1.08 bits per heavy atom. The zero-order valence-electron chi connectivity index (χ0n) is 29.2. The second-order valence-corrected chi connectivity index (χ2v) is 19.2. The van der Waals surface area contributed by atoms with Crippen LogP contribution in [0.25, 0.3) is 11.4 Å². The number of nitrogens with zero attached hydrogens (tertiary/aromatic N) is 6. The Bertz CT molecular complexity index is 1850. The molecule has 2 aliphatic carbocycles.